The molecule has 2 aliphatic rings. The van der Waals surface area contributed by atoms with Crippen molar-refractivity contribution in [3.8, 4) is 0 Å². The minimum Gasteiger partial charge on any atom is -0.316 e. The van der Waals surface area contributed by atoms with E-state index in [1.807, 2.05) is 18.2 Å². The SMILES string of the molecule is Clc1ccc(C2CC3CCNCC3c3cc(Cl)ccc32)cc1. The van der Waals surface area contributed by atoms with Gasteiger partial charge in [0.15, 0.2) is 0 Å². The molecule has 2 aromatic rings. The summed E-state index contributed by atoms with van der Waals surface area (Å²) in [5.74, 6) is 1.81. The first kappa shape index (κ1) is 14.6. The molecule has 114 valence electrons. The first-order valence-corrected chi connectivity index (χ1v) is 8.73. The highest BCUT2D eigenvalue weighted by atomic mass is 35.5. The van der Waals surface area contributed by atoms with Crippen molar-refractivity contribution in [1.29, 1.82) is 0 Å². The Labute approximate surface area is 141 Å². The second-order valence-electron chi connectivity index (χ2n) is 6.47. The molecule has 1 fully saturated rings. The summed E-state index contributed by atoms with van der Waals surface area (Å²) in [6.07, 6.45) is 2.48. The standard InChI is InChI=1S/C19H19Cl2N/c20-14-3-1-12(2-4-14)17-9-13-7-8-22-11-19(13)18-10-15(21)5-6-16(17)18/h1-6,10,13,17,19,22H,7-9,11H2. The van der Waals surface area contributed by atoms with Crippen LogP contribution in [0.5, 0.6) is 0 Å². The Morgan fingerprint density at radius 3 is 2.50 bits per heavy atom. The summed E-state index contributed by atoms with van der Waals surface area (Å²) in [5.41, 5.74) is 4.25. The van der Waals surface area contributed by atoms with Crippen molar-refractivity contribution < 1.29 is 0 Å². The maximum atomic E-state index is 6.28. The van der Waals surface area contributed by atoms with Gasteiger partial charge in [0, 0.05) is 22.5 Å². The number of hydrogen-bond acceptors (Lipinski definition) is 1. The average molecular weight is 332 g/mol. The number of rotatable bonds is 1. The summed E-state index contributed by atoms with van der Waals surface area (Å²) in [7, 11) is 0. The largest absolute Gasteiger partial charge is 0.316 e. The fraction of sp³-hybridized carbons (Fsp3) is 0.368. The highest BCUT2D eigenvalue weighted by Crippen LogP contribution is 2.48. The van der Waals surface area contributed by atoms with Gasteiger partial charge in [-0.2, -0.15) is 0 Å². The molecule has 3 atom stereocenters. The van der Waals surface area contributed by atoms with Crippen LogP contribution in [-0.4, -0.2) is 13.1 Å². The van der Waals surface area contributed by atoms with Gasteiger partial charge in [-0.25, -0.2) is 0 Å². The zero-order chi connectivity index (χ0) is 15.1. The third-order valence-electron chi connectivity index (χ3n) is 5.26. The predicted molar refractivity (Wildman–Crippen MR) is 93.1 cm³/mol. The van der Waals surface area contributed by atoms with Gasteiger partial charge in [0.2, 0.25) is 0 Å². The first-order chi connectivity index (χ1) is 10.7. The summed E-state index contributed by atoms with van der Waals surface area (Å²) in [6.45, 7) is 2.20. The van der Waals surface area contributed by atoms with Gasteiger partial charge in [0.1, 0.15) is 0 Å². The molecule has 22 heavy (non-hydrogen) atoms. The van der Waals surface area contributed by atoms with Crippen molar-refractivity contribution in [2.24, 2.45) is 5.92 Å². The minimum absolute atomic E-state index is 0.462. The maximum Gasteiger partial charge on any atom is 0.0409 e. The molecule has 0 saturated carbocycles. The molecular formula is C19H19Cl2N. The summed E-state index contributed by atoms with van der Waals surface area (Å²) in [6, 6.07) is 14.8. The number of halogens is 2. The van der Waals surface area contributed by atoms with Crippen molar-refractivity contribution in [2.45, 2.75) is 24.7 Å². The number of hydrogen-bond donors (Lipinski definition) is 1. The molecule has 1 saturated heterocycles. The van der Waals surface area contributed by atoms with E-state index >= 15 is 0 Å². The van der Waals surface area contributed by atoms with Crippen LogP contribution in [0.2, 0.25) is 10.0 Å². The van der Waals surface area contributed by atoms with Crippen LogP contribution < -0.4 is 5.32 Å². The van der Waals surface area contributed by atoms with Crippen LogP contribution in [0.15, 0.2) is 42.5 Å². The predicted octanol–water partition coefficient (Wildman–Crippen LogP) is 5.22. The zero-order valence-electron chi connectivity index (χ0n) is 12.4. The van der Waals surface area contributed by atoms with Crippen LogP contribution in [0.4, 0.5) is 0 Å². The van der Waals surface area contributed by atoms with E-state index < -0.39 is 0 Å². The van der Waals surface area contributed by atoms with Crippen LogP contribution >= 0.6 is 23.2 Å². The van der Waals surface area contributed by atoms with Crippen molar-refractivity contribution in [1.82, 2.24) is 5.32 Å². The number of piperidine rings is 1. The molecule has 0 bridgehead atoms. The molecule has 1 N–H and O–H groups in total. The highest BCUT2D eigenvalue weighted by molar-refractivity contribution is 6.30. The zero-order valence-corrected chi connectivity index (χ0v) is 13.9. The Bertz CT molecular complexity index is 680. The van der Waals surface area contributed by atoms with Crippen molar-refractivity contribution >= 4 is 23.2 Å². The monoisotopic (exact) mass is 331 g/mol. The van der Waals surface area contributed by atoms with Gasteiger partial charge in [-0.05, 0) is 72.2 Å². The molecule has 1 aliphatic heterocycles. The van der Waals surface area contributed by atoms with Gasteiger partial charge in [-0.1, -0.05) is 41.4 Å². The van der Waals surface area contributed by atoms with E-state index in [4.69, 9.17) is 23.2 Å². The van der Waals surface area contributed by atoms with E-state index in [0.29, 0.717) is 11.8 Å². The van der Waals surface area contributed by atoms with Crippen molar-refractivity contribution in [3.63, 3.8) is 0 Å². The van der Waals surface area contributed by atoms with E-state index in [1.165, 1.54) is 29.5 Å². The van der Waals surface area contributed by atoms with Crippen LogP contribution in [0.1, 0.15) is 41.4 Å². The summed E-state index contributed by atoms with van der Waals surface area (Å²) in [5, 5.41) is 5.19. The molecule has 2 aromatic carbocycles. The lowest BCUT2D eigenvalue weighted by Crippen LogP contribution is -2.38. The molecule has 0 spiro atoms. The van der Waals surface area contributed by atoms with Crippen LogP contribution in [0.25, 0.3) is 0 Å². The summed E-state index contributed by atoms with van der Waals surface area (Å²) < 4.78 is 0. The Balaban J connectivity index is 1.81. The molecule has 1 nitrogen and oxygen atoms in total. The molecular weight excluding hydrogens is 313 g/mol. The average Bonchev–Trinajstić information content (AvgIpc) is 2.55. The lowest BCUT2D eigenvalue weighted by Gasteiger charge is -2.41. The first-order valence-electron chi connectivity index (χ1n) is 7.98. The van der Waals surface area contributed by atoms with Gasteiger partial charge < -0.3 is 5.32 Å². The van der Waals surface area contributed by atoms with Crippen LogP contribution in [0.3, 0.4) is 0 Å². The van der Waals surface area contributed by atoms with E-state index in [9.17, 15) is 0 Å². The third-order valence-corrected chi connectivity index (χ3v) is 5.75. The summed E-state index contributed by atoms with van der Waals surface area (Å²) in [4.78, 5) is 0. The number of fused-ring (bicyclic) bond motifs is 3. The van der Waals surface area contributed by atoms with Crippen LogP contribution in [0, 0.1) is 5.92 Å². The molecule has 0 aromatic heterocycles. The molecule has 0 radical (unpaired) electrons. The molecule has 3 unspecified atom stereocenters. The van der Waals surface area contributed by atoms with Gasteiger partial charge in [-0.3, -0.25) is 0 Å². The Morgan fingerprint density at radius 2 is 1.68 bits per heavy atom. The normalized spacial score (nSPS) is 27.1. The quantitative estimate of drug-likeness (QED) is 0.755. The van der Waals surface area contributed by atoms with Gasteiger partial charge in [0.05, 0.1) is 0 Å². The second kappa shape index (κ2) is 5.88. The Kier molecular flexibility index (Phi) is 3.89. The Morgan fingerprint density at radius 1 is 0.909 bits per heavy atom. The van der Waals surface area contributed by atoms with Gasteiger partial charge in [-0.15, -0.1) is 0 Å². The Hall–Kier alpha value is -1.02. The fourth-order valence-electron chi connectivity index (χ4n) is 4.18. The van der Waals surface area contributed by atoms with E-state index in [2.05, 4.69) is 29.6 Å². The fourth-order valence-corrected chi connectivity index (χ4v) is 4.49. The van der Waals surface area contributed by atoms with Crippen molar-refractivity contribution in [2.75, 3.05) is 13.1 Å². The number of nitrogens with one attached hydrogen (secondary N) is 1. The highest BCUT2D eigenvalue weighted by Gasteiger charge is 2.36. The molecule has 4 rings (SSSR count). The molecule has 3 heteroatoms. The maximum absolute atomic E-state index is 6.28. The molecule has 0 amide bonds. The van der Waals surface area contributed by atoms with Gasteiger partial charge in [0.25, 0.3) is 0 Å². The van der Waals surface area contributed by atoms with Gasteiger partial charge >= 0.3 is 0 Å². The minimum atomic E-state index is 0.462. The lowest BCUT2D eigenvalue weighted by molar-refractivity contribution is 0.278. The molecule has 1 heterocycles. The lowest BCUT2D eigenvalue weighted by atomic mass is 9.66. The smallest absolute Gasteiger partial charge is 0.0409 e. The van der Waals surface area contributed by atoms with Crippen molar-refractivity contribution in [3.05, 3.63) is 69.2 Å². The number of benzene rings is 2. The summed E-state index contributed by atoms with van der Waals surface area (Å²) >= 11 is 12.3. The second-order valence-corrected chi connectivity index (χ2v) is 7.35. The third kappa shape index (κ3) is 2.56. The molecule has 1 aliphatic carbocycles. The van der Waals surface area contributed by atoms with E-state index in [1.54, 1.807) is 0 Å². The van der Waals surface area contributed by atoms with E-state index in [-0.39, 0.29) is 0 Å². The van der Waals surface area contributed by atoms with Crippen LogP contribution in [-0.2, 0) is 0 Å². The topological polar surface area (TPSA) is 12.0 Å². The van der Waals surface area contributed by atoms with E-state index in [0.717, 1.165) is 29.1 Å².